The minimum absolute atomic E-state index is 0.129. The summed E-state index contributed by atoms with van der Waals surface area (Å²) in [6.45, 7) is 4.83. The van der Waals surface area contributed by atoms with Crippen molar-refractivity contribution in [1.82, 2.24) is 14.9 Å². The van der Waals surface area contributed by atoms with Crippen molar-refractivity contribution in [1.29, 1.82) is 0 Å². The smallest absolute Gasteiger partial charge is 0.266 e. The second kappa shape index (κ2) is 6.23. The third-order valence-electron chi connectivity index (χ3n) is 3.84. The number of likely N-dealkylation sites (tertiary alicyclic amines) is 1. The van der Waals surface area contributed by atoms with E-state index in [1.165, 1.54) is 0 Å². The molecule has 1 saturated heterocycles. The SMILES string of the molecule is CCc1nc(C)c(C(=O)N2CCCC[C@@H]2c2nccs2)s1. The van der Waals surface area contributed by atoms with Crippen LogP contribution in [0.1, 0.15) is 57.6 Å². The summed E-state index contributed by atoms with van der Waals surface area (Å²) in [7, 11) is 0. The molecule has 0 aromatic carbocycles. The summed E-state index contributed by atoms with van der Waals surface area (Å²) in [5.41, 5.74) is 0.866. The lowest BCUT2D eigenvalue weighted by molar-refractivity contribution is 0.0615. The molecule has 1 atom stereocenters. The summed E-state index contributed by atoms with van der Waals surface area (Å²) in [4.78, 5) is 24.6. The number of hydrogen-bond acceptors (Lipinski definition) is 5. The predicted molar refractivity (Wildman–Crippen MR) is 86.0 cm³/mol. The van der Waals surface area contributed by atoms with Gasteiger partial charge in [-0.1, -0.05) is 6.92 Å². The fraction of sp³-hybridized carbons (Fsp3) is 0.533. The number of thiazole rings is 2. The summed E-state index contributed by atoms with van der Waals surface area (Å²) in [5, 5.41) is 4.08. The lowest BCUT2D eigenvalue weighted by Gasteiger charge is -2.34. The first-order valence-electron chi connectivity index (χ1n) is 7.37. The quantitative estimate of drug-likeness (QED) is 0.863. The molecule has 1 aliphatic heterocycles. The number of carbonyl (C=O) groups is 1. The maximum atomic E-state index is 12.9. The first-order chi connectivity index (χ1) is 10.2. The van der Waals surface area contributed by atoms with Gasteiger partial charge in [-0.15, -0.1) is 22.7 Å². The number of aromatic nitrogens is 2. The number of aryl methyl sites for hydroxylation is 2. The molecule has 1 aliphatic rings. The van der Waals surface area contributed by atoms with E-state index in [9.17, 15) is 4.79 Å². The van der Waals surface area contributed by atoms with Crippen LogP contribution in [0.3, 0.4) is 0 Å². The van der Waals surface area contributed by atoms with Gasteiger partial charge < -0.3 is 4.90 Å². The van der Waals surface area contributed by atoms with Crippen molar-refractivity contribution >= 4 is 28.6 Å². The summed E-state index contributed by atoms with van der Waals surface area (Å²) < 4.78 is 0. The molecule has 1 fully saturated rings. The van der Waals surface area contributed by atoms with Crippen LogP contribution >= 0.6 is 22.7 Å². The minimum Gasteiger partial charge on any atom is -0.328 e. The minimum atomic E-state index is 0.129. The van der Waals surface area contributed by atoms with Crippen molar-refractivity contribution < 1.29 is 4.79 Å². The van der Waals surface area contributed by atoms with Gasteiger partial charge in [0.25, 0.3) is 5.91 Å². The molecule has 2 aromatic rings. The molecule has 0 saturated carbocycles. The van der Waals surface area contributed by atoms with Gasteiger partial charge >= 0.3 is 0 Å². The Morgan fingerprint density at radius 1 is 1.48 bits per heavy atom. The van der Waals surface area contributed by atoms with Crippen LogP contribution < -0.4 is 0 Å². The van der Waals surface area contributed by atoms with E-state index in [0.717, 1.165) is 52.8 Å². The molecule has 6 heteroatoms. The first-order valence-corrected chi connectivity index (χ1v) is 9.07. The zero-order chi connectivity index (χ0) is 14.8. The predicted octanol–water partition coefficient (Wildman–Crippen LogP) is 3.84. The maximum absolute atomic E-state index is 12.9. The van der Waals surface area contributed by atoms with E-state index in [4.69, 9.17) is 0 Å². The zero-order valence-corrected chi connectivity index (χ0v) is 14.0. The van der Waals surface area contributed by atoms with Crippen LogP contribution in [-0.2, 0) is 6.42 Å². The number of carbonyl (C=O) groups excluding carboxylic acids is 1. The number of hydrogen-bond donors (Lipinski definition) is 0. The molecule has 0 bridgehead atoms. The van der Waals surface area contributed by atoms with Crippen LogP contribution in [-0.4, -0.2) is 27.3 Å². The molecule has 0 unspecified atom stereocenters. The molecule has 1 amide bonds. The molecule has 0 radical (unpaired) electrons. The number of rotatable bonds is 3. The largest absolute Gasteiger partial charge is 0.328 e. The van der Waals surface area contributed by atoms with Crippen LogP contribution in [0.15, 0.2) is 11.6 Å². The molecule has 0 spiro atoms. The van der Waals surface area contributed by atoms with Gasteiger partial charge in [-0.05, 0) is 32.6 Å². The highest BCUT2D eigenvalue weighted by molar-refractivity contribution is 7.13. The summed E-state index contributed by atoms with van der Waals surface area (Å²) >= 11 is 3.18. The van der Waals surface area contributed by atoms with Crippen LogP contribution in [0.2, 0.25) is 0 Å². The molecular formula is C15H19N3OS2. The van der Waals surface area contributed by atoms with E-state index in [1.807, 2.05) is 23.4 Å². The standard InChI is InChI=1S/C15H19N3OS2/c1-3-12-17-10(2)13(21-12)15(19)18-8-5-4-6-11(18)14-16-7-9-20-14/h7,9,11H,3-6,8H2,1-2H3/t11-/m1/s1. The Kier molecular flexibility index (Phi) is 4.35. The molecule has 0 N–H and O–H groups in total. The van der Waals surface area contributed by atoms with Crippen molar-refractivity contribution in [2.45, 2.75) is 45.6 Å². The third-order valence-corrected chi connectivity index (χ3v) is 6.00. The topological polar surface area (TPSA) is 46.1 Å². The average molecular weight is 321 g/mol. The van der Waals surface area contributed by atoms with Crippen molar-refractivity contribution in [3.8, 4) is 0 Å². The Hall–Kier alpha value is -1.27. The van der Waals surface area contributed by atoms with E-state index >= 15 is 0 Å². The molecule has 0 aliphatic carbocycles. The Bertz CT molecular complexity index is 621. The molecule has 3 heterocycles. The highest BCUT2D eigenvalue weighted by atomic mass is 32.1. The van der Waals surface area contributed by atoms with Crippen molar-refractivity contribution in [2.75, 3.05) is 6.54 Å². The Labute approximate surface area is 132 Å². The van der Waals surface area contributed by atoms with Crippen LogP contribution in [0.4, 0.5) is 0 Å². The van der Waals surface area contributed by atoms with Gasteiger partial charge in [0.15, 0.2) is 0 Å². The fourth-order valence-electron chi connectivity index (χ4n) is 2.76. The average Bonchev–Trinajstić information content (AvgIpc) is 3.16. The molecule has 2 aromatic heterocycles. The molecule has 3 rings (SSSR count). The van der Waals surface area contributed by atoms with Crippen LogP contribution in [0.25, 0.3) is 0 Å². The summed E-state index contributed by atoms with van der Waals surface area (Å²) in [5.74, 6) is 0.129. The van der Waals surface area contributed by atoms with E-state index in [1.54, 1.807) is 22.7 Å². The normalized spacial score (nSPS) is 19.0. The van der Waals surface area contributed by atoms with Gasteiger partial charge in [-0.25, -0.2) is 9.97 Å². The first kappa shape index (κ1) is 14.7. The molecule has 4 nitrogen and oxygen atoms in total. The van der Waals surface area contributed by atoms with Crippen molar-refractivity contribution in [3.63, 3.8) is 0 Å². The fourth-order valence-corrected chi connectivity index (χ4v) is 4.51. The highest BCUT2D eigenvalue weighted by Crippen LogP contribution is 2.34. The molecule has 21 heavy (non-hydrogen) atoms. The number of piperidine rings is 1. The van der Waals surface area contributed by atoms with Gasteiger partial charge in [0.05, 0.1) is 16.7 Å². The Balaban J connectivity index is 1.89. The summed E-state index contributed by atoms with van der Waals surface area (Å²) in [6, 6.07) is 0.137. The van der Waals surface area contributed by atoms with E-state index in [0.29, 0.717) is 0 Å². The second-order valence-corrected chi connectivity index (χ2v) is 7.27. The van der Waals surface area contributed by atoms with Gasteiger partial charge in [0, 0.05) is 18.1 Å². The molecular weight excluding hydrogens is 302 g/mol. The second-order valence-electron chi connectivity index (χ2n) is 5.26. The lowest BCUT2D eigenvalue weighted by Crippen LogP contribution is -2.38. The van der Waals surface area contributed by atoms with Crippen LogP contribution in [0.5, 0.6) is 0 Å². The van der Waals surface area contributed by atoms with Gasteiger partial charge in [-0.3, -0.25) is 4.79 Å². The Morgan fingerprint density at radius 3 is 3.00 bits per heavy atom. The van der Waals surface area contributed by atoms with Gasteiger partial charge in [0.1, 0.15) is 9.88 Å². The van der Waals surface area contributed by atoms with Crippen LogP contribution in [0, 0.1) is 6.92 Å². The molecule has 112 valence electrons. The van der Waals surface area contributed by atoms with Crippen molar-refractivity contribution in [2.24, 2.45) is 0 Å². The monoisotopic (exact) mass is 321 g/mol. The van der Waals surface area contributed by atoms with E-state index in [-0.39, 0.29) is 11.9 Å². The van der Waals surface area contributed by atoms with Gasteiger partial charge in [0.2, 0.25) is 0 Å². The number of amides is 1. The van der Waals surface area contributed by atoms with E-state index < -0.39 is 0 Å². The zero-order valence-electron chi connectivity index (χ0n) is 12.3. The highest BCUT2D eigenvalue weighted by Gasteiger charge is 2.32. The Morgan fingerprint density at radius 2 is 2.33 bits per heavy atom. The number of nitrogens with zero attached hydrogens (tertiary/aromatic N) is 3. The van der Waals surface area contributed by atoms with E-state index in [2.05, 4.69) is 16.9 Å². The summed E-state index contributed by atoms with van der Waals surface area (Å²) in [6.07, 6.45) is 5.96. The van der Waals surface area contributed by atoms with Gasteiger partial charge in [-0.2, -0.15) is 0 Å². The maximum Gasteiger partial charge on any atom is 0.266 e. The van der Waals surface area contributed by atoms with Crippen molar-refractivity contribution in [3.05, 3.63) is 32.2 Å². The lowest BCUT2D eigenvalue weighted by atomic mass is 10.0. The third kappa shape index (κ3) is 2.87.